The van der Waals surface area contributed by atoms with E-state index in [-0.39, 0.29) is 5.56 Å². The smallest absolute Gasteiger partial charge is 0.257 e. The number of hydrogen-bond donors (Lipinski definition) is 2. The Morgan fingerprint density at radius 3 is 2.36 bits per heavy atom. The summed E-state index contributed by atoms with van der Waals surface area (Å²) in [6.45, 7) is 0. The van der Waals surface area contributed by atoms with Gasteiger partial charge in [-0.2, -0.15) is 0 Å². The molecule has 25 heavy (non-hydrogen) atoms. The molecular formula is C18H12Cl2N4O. The van der Waals surface area contributed by atoms with E-state index in [1.165, 1.54) is 0 Å². The molecule has 2 aromatic heterocycles. The minimum Gasteiger partial charge on any atom is -0.383 e. The van der Waals surface area contributed by atoms with Crippen LogP contribution in [0.2, 0.25) is 10.0 Å². The van der Waals surface area contributed by atoms with E-state index >= 15 is 0 Å². The third-order valence-electron chi connectivity index (χ3n) is 3.96. The van der Waals surface area contributed by atoms with Crippen LogP contribution in [0.15, 0.2) is 59.4 Å². The molecule has 0 spiro atoms. The Labute approximate surface area is 152 Å². The Bertz CT molecular complexity index is 1130. The summed E-state index contributed by atoms with van der Waals surface area (Å²) in [6.07, 6.45) is 0. The second kappa shape index (κ2) is 5.95. The number of rotatable bonds is 2. The van der Waals surface area contributed by atoms with Crippen LogP contribution in [0.4, 0.5) is 5.82 Å². The molecule has 0 unspecified atom stereocenters. The second-order valence-electron chi connectivity index (χ2n) is 5.50. The van der Waals surface area contributed by atoms with E-state index < -0.39 is 0 Å². The maximum atomic E-state index is 12.5. The van der Waals surface area contributed by atoms with E-state index in [1.54, 1.807) is 28.9 Å². The number of nitrogens with one attached hydrogen (secondary N) is 1. The average molecular weight is 371 g/mol. The van der Waals surface area contributed by atoms with Crippen molar-refractivity contribution in [2.24, 2.45) is 0 Å². The summed E-state index contributed by atoms with van der Waals surface area (Å²) < 4.78 is 1.58. The maximum Gasteiger partial charge on any atom is 0.257 e. The number of H-pyrrole nitrogens is 1. The molecule has 0 aliphatic rings. The van der Waals surface area contributed by atoms with Gasteiger partial charge in [0.05, 0.1) is 26.7 Å². The molecule has 4 rings (SSSR count). The normalized spacial score (nSPS) is 11.1. The molecule has 5 nitrogen and oxygen atoms in total. The van der Waals surface area contributed by atoms with Crippen molar-refractivity contribution in [2.75, 3.05) is 5.73 Å². The van der Waals surface area contributed by atoms with E-state index in [4.69, 9.17) is 28.9 Å². The molecule has 0 saturated carbocycles. The molecule has 0 bridgehead atoms. The van der Waals surface area contributed by atoms with Crippen molar-refractivity contribution in [1.82, 2.24) is 14.8 Å². The first-order valence-electron chi connectivity index (χ1n) is 7.47. The predicted octanol–water partition coefficient (Wildman–Crippen LogP) is 4.27. The Kier molecular flexibility index (Phi) is 3.75. The highest BCUT2D eigenvalue weighted by Gasteiger charge is 2.17. The second-order valence-corrected chi connectivity index (χ2v) is 6.32. The molecule has 4 aromatic rings. The molecule has 0 fully saturated rings. The number of halogens is 2. The number of aromatic amines is 1. The minimum atomic E-state index is -0.333. The molecule has 0 amide bonds. The number of para-hydroxylation sites is 1. The van der Waals surface area contributed by atoms with E-state index in [0.29, 0.717) is 38.0 Å². The SMILES string of the molecule is Nc1c2cc(-c3c(Cl)cccc3Cl)c(=O)[nH]c2nn1-c1ccccc1. The zero-order valence-electron chi connectivity index (χ0n) is 12.8. The fraction of sp³-hybridized carbons (Fsp3) is 0. The van der Waals surface area contributed by atoms with Crippen LogP contribution in [0, 0.1) is 0 Å². The summed E-state index contributed by atoms with van der Waals surface area (Å²) in [6, 6.07) is 16.2. The number of nitrogen functional groups attached to an aromatic ring is 1. The van der Waals surface area contributed by atoms with Gasteiger partial charge in [0.25, 0.3) is 5.56 Å². The summed E-state index contributed by atoms with van der Waals surface area (Å²) in [5, 5.41) is 5.80. The van der Waals surface area contributed by atoms with Gasteiger partial charge in [-0.25, -0.2) is 4.68 Å². The lowest BCUT2D eigenvalue weighted by molar-refractivity contribution is 0.899. The van der Waals surface area contributed by atoms with Crippen LogP contribution in [-0.4, -0.2) is 14.8 Å². The lowest BCUT2D eigenvalue weighted by Gasteiger charge is -2.06. The van der Waals surface area contributed by atoms with E-state index in [0.717, 1.165) is 5.69 Å². The topological polar surface area (TPSA) is 76.7 Å². The van der Waals surface area contributed by atoms with Crippen molar-refractivity contribution in [3.05, 3.63) is 75.0 Å². The summed E-state index contributed by atoms with van der Waals surface area (Å²) in [5.74, 6) is 0.418. The molecule has 0 aliphatic heterocycles. The van der Waals surface area contributed by atoms with E-state index in [2.05, 4.69) is 10.1 Å². The fourth-order valence-corrected chi connectivity index (χ4v) is 3.37. The maximum absolute atomic E-state index is 12.5. The number of aromatic nitrogens is 3. The molecule has 0 aliphatic carbocycles. The summed E-state index contributed by atoms with van der Waals surface area (Å²) in [7, 11) is 0. The van der Waals surface area contributed by atoms with Crippen LogP contribution in [0.1, 0.15) is 0 Å². The van der Waals surface area contributed by atoms with Gasteiger partial charge in [0.15, 0.2) is 5.65 Å². The van der Waals surface area contributed by atoms with Crippen molar-refractivity contribution < 1.29 is 0 Å². The first-order valence-corrected chi connectivity index (χ1v) is 8.23. The van der Waals surface area contributed by atoms with Crippen LogP contribution in [0.5, 0.6) is 0 Å². The Morgan fingerprint density at radius 1 is 1.00 bits per heavy atom. The highest BCUT2D eigenvalue weighted by atomic mass is 35.5. The van der Waals surface area contributed by atoms with Crippen molar-refractivity contribution in [1.29, 1.82) is 0 Å². The number of nitrogens with zero attached hydrogens (tertiary/aromatic N) is 2. The largest absolute Gasteiger partial charge is 0.383 e. The molecule has 124 valence electrons. The van der Waals surface area contributed by atoms with Gasteiger partial charge in [-0.3, -0.25) is 4.79 Å². The summed E-state index contributed by atoms with van der Waals surface area (Å²) >= 11 is 12.5. The first-order chi connectivity index (χ1) is 12.1. The Balaban J connectivity index is 2.00. The van der Waals surface area contributed by atoms with Gasteiger partial charge in [-0.1, -0.05) is 47.5 Å². The summed E-state index contributed by atoms with van der Waals surface area (Å²) in [4.78, 5) is 15.3. The standard InChI is InChI=1S/C18H12Cl2N4O/c19-13-7-4-8-14(20)15(13)11-9-12-16(21)24(10-5-2-1-3-6-10)23-17(12)22-18(11)25/h1-9H,21H2,(H,22,23,25). The third kappa shape index (κ3) is 2.58. The number of anilines is 1. The van der Waals surface area contributed by atoms with E-state index in [1.807, 2.05) is 30.3 Å². The summed E-state index contributed by atoms with van der Waals surface area (Å²) in [5.41, 5.74) is 7.95. The van der Waals surface area contributed by atoms with Crippen molar-refractivity contribution in [3.8, 4) is 16.8 Å². The molecular weight excluding hydrogens is 359 g/mol. The van der Waals surface area contributed by atoms with Gasteiger partial charge in [-0.15, -0.1) is 5.10 Å². The number of fused-ring (bicyclic) bond motifs is 1. The molecule has 0 saturated heterocycles. The number of benzene rings is 2. The van der Waals surface area contributed by atoms with Gasteiger partial charge >= 0.3 is 0 Å². The van der Waals surface area contributed by atoms with Gasteiger partial charge in [0.2, 0.25) is 0 Å². The quantitative estimate of drug-likeness (QED) is 0.553. The molecule has 7 heteroatoms. The molecule has 0 radical (unpaired) electrons. The van der Waals surface area contributed by atoms with Crippen molar-refractivity contribution in [3.63, 3.8) is 0 Å². The zero-order chi connectivity index (χ0) is 17.6. The van der Waals surface area contributed by atoms with E-state index in [9.17, 15) is 4.79 Å². The number of pyridine rings is 1. The Hall–Kier alpha value is -2.76. The third-order valence-corrected chi connectivity index (χ3v) is 4.59. The highest BCUT2D eigenvalue weighted by molar-refractivity contribution is 6.39. The van der Waals surface area contributed by atoms with Gasteiger partial charge in [-0.05, 0) is 30.3 Å². The number of nitrogens with two attached hydrogens (primary N) is 1. The van der Waals surface area contributed by atoms with Crippen LogP contribution in [-0.2, 0) is 0 Å². The monoisotopic (exact) mass is 370 g/mol. The van der Waals surface area contributed by atoms with Crippen LogP contribution >= 0.6 is 23.2 Å². The Morgan fingerprint density at radius 2 is 1.68 bits per heavy atom. The lowest BCUT2D eigenvalue weighted by Crippen LogP contribution is -2.09. The van der Waals surface area contributed by atoms with Crippen LogP contribution in [0.25, 0.3) is 27.8 Å². The van der Waals surface area contributed by atoms with Crippen LogP contribution in [0.3, 0.4) is 0 Å². The molecule has 0 atom stereocenters. The minimum absolute atomic E-state index is 0.333. The van der Waals surface area contributed by atoms with Crippen LogP contribution < -0.4 is 11.3 Å². The van der Waals surface area contributed by atoms with Gasteiger partial charge in [0, 0.05) is 5.56 Å². The van der Waals surface area contributed by atoms with Gasteiger partial charge in [0.1, 0.15) is 5.82 Å². The highest BCUT2D eigenvalue weighted by Crippen LogP contribution is 2.34. The lowest BCUT2D eigenvalue weighted by atomic mass is 10.1. The molecule has 3 N–H and O–H groups in total. The van der Waals surface area contributed by atoms with Crippen molar-refractivity contribution >= 4 is 40.1 Å². The first kappa shape index (κ1) is 15.7. The predicted molar refractivity (Wildman–Crippen MR) is 102 cm³/mol. The molecule has 2 aromatic carbocycles. The zero-order valence-corrected chi connectivity index (χ0v) is 14.3. The van der Waals surface area contributed by atoms with Gasteiger partial charge < -0.3 is 10.7 Å². The van der Waals surface area contributed by atoms with Crippen molar-refractivity contribution in [2.45, 2.75) is 0 Å². The fourth-order valence-electron chi connectivity index (χ4n) is 2.77. The average Bonchev–Trinajstić information content (AvgIpc) is 2.92. The number of hydrogen-bond acceptors (Lipinski definition) is 3. The molecule has 2 heterocycles.